The first-order chi connectivity index (χ1) is 9.67. The van der Waals surface area contributed by atoms with Crippen molar-refractivity contribution < 1.29 is 19.1 Å². The minimum Gasteiger partial charge on any atom is -0.469 e. The minimum absolute atomic E-state index is 0.000287. The summed E-state index contributed by atoms with van der Waals surface area (Å²) in [6, 6.07) is 0. The van der Waals surface area contributed by atoms with E-state index in [4.69, 9.17) is 4.74 Å². The van der Waals surface area contributed by atoms with Crippen molar-refractivity contribution in [1.82, 2.24) is 0 Å². The van der Waals surface area contributed by atoms with Crippen molar-refractivity contribution >= 4 is 11.9 Å². The monoisotopic (exact) mass is 284 g/mol. The van der Waals surface area contributed by atoms with Crippen LogP contribution in [0.2, 0.25) is 0 Å². The van der Waals surface area contributed by atoms with Gasteiger partial charge in [-0.05, 0) is 32.1 Å². The molecule has 4 heteroatoms. The molecule has 0 amide bonds. The molecule has 1 fully saturated rings. The number of carbonyl (C=O) groups is 2. The third-order valence-electron chi connectivity index (χ3n) is 4.04. The average molecular weight is 284 g/mol. The van der Waals surface area contributed by atoms with E-state index in [9.17, 15) is 9.59 Å². The summed E-state index contributed by atoms with van der Waals surface area (Å²) in [5.41, 5.74) is 0. The van der Waals surface area contributed by atoms with E-state index in [1.54, 1.807) is 0 Å². The van der Waals surface area contributed by atoms with Crippen LogP contribution in [0.15, 0.2) is 0 Å². The van der Waals surface area contributed by atoms with Gasteiger partial charge in [-0.25, -0.2) is 0 Å². The van der Waals surface area contributed by atoms with Gasteiger partial charge in [-0.2, -0.15) is 0 Å². The van der Waals surface area contributed by atoms with Crippen LogP contribution < -0.4 is 0 Å². The lowest BCUT2D eigenvalue weighted by Gasteiger charge is -2.08. The molecule has 0 spiro atoms. The van der Waals surface area contributed by atoms with Crippen molar-refractivity contribution in [1.29, 1.82) is 0 Å². The molecule has 2 atom stereocenters. The van der Waals surface area contributed by atoms with Gasteiger partial charge in [-0.3, -0.25) is 9.59 Å². The van der Waals surface area contributed by atoms with Crippen LogP contribution in [0.4, 0.5) is 0 Å². The minimum atomic E-state index is -0.112. The first kappa shape index (κ1) is 17.0. The number of unbranched alkanes of at least 4 members (excludes halogenated alkanes) is 5. The Balaban J connectivity index is 1.90. The fourth-order valence-corrected chi connectivity index (χ4v) is 2.68. The van der Waals surface area contributed by atoms with E-state index in [1.165, 1.54) is 26.4 Å². The predicted molar refractivity (Wildman–Crippen MR) is 77.2 cm³/mol. The van der Waals surface area contributed by atoms with Gasteiger partial charge in [-0.1, -0.05) is 32.6 Å². The summed E-state index contributed by atoms with van der Waals surface area (Å²) in [5.74, 6) is 0.0251. The molecule has 0 aromatic carbocycles. The maximum Gasteiger partial charge on any atom is 0.309 e. The molecule has 0 radical (unpaired) electrons. The Labute approximate surface area is 122 Å². The molecular formula is C16H28O4. The topological polar surface area (TPSA) is 52.6 Å². The summed E-state index contributed by atoms with van der Waals surface area (Å²) in [6.45, 7) is 2.04. The molecule has 1 rings (SSSR count). The quantitative estimate of drug-likeness (QED) is 0.454. The molecule has 0 bridgehead atoms. The van der Waals surface area contributed by atoms with Gasteiger partial charge in [0.05, 0.1) is 13.0 Å². The van der Waals surface area contributed by atoms with Crippen molar-refractivity contribution in [2.75, 3.05) is 7.11 Å². The number of rotatable bonds is 10. The first-order valence-electron chi connectivity index (χ1n) is 7.94. The summed E-state index contributed by atoms with van der Waals surface area (Å²) in [5, 5.41) is 0. The third kappa shape index (κ3) is 6.40. The molecule has 0 aromatic rings. The molecular weight excluding hydrogens is 256 g/mol. The maximum atomic E-state index is 11.4. The molecule has 1 aliphatic rings. The van der Waals surface area contributed by atoms with Gasteiger partial charge in [0.2, 0.25) is 0 Å². The highest BCUT2D eigenvalue weighted by atomic mass is 16.6. The second kappa shape index (κ2) is 9.78. The van der Waals surface area contributed by atoms with Gasteiger partial charge in [0.1, 0.15) is 6.10 Å². The van der Waals surface area contributed by atoms with E-state index in [-0.39, 0.29) is 24.0 Å². The SMILES string of the molecule is CCC1CC(CCCCCCCCC(=O)OC)OC1=O. The molecule has 20 heavy (non-hydrogen) atoms. The number of hydrogen-bond acceptors (Lipinski definition) is 4. The zero-order valence-corrected chi connectivity index (χ0v) is 12.9. The van der Waals surface area contributed by atoms with E-state index in [0.29, 0.717) is 6.42 Å². The average Bonchev–Trinajstić information content (AvgIpc) is 2.81. The molecule has 2 unspecified atom stereocenters. The lowest BCUT2D eigenvalue weighted by atomic mass is 9.99. The van der Waals surface area contributed by atoms with E-state index in [2.05, 4.69) is 4.74 Å². The molecule has 0 aliphatic carbocycles. The standard InChI is InChI=1S/C16H28O4/c1-3-13-12-14(20-16(13)18)10-8-6-4-5-7-9-11-15(17)19-2/h13-14H,3-12H2,1-2H3. The maximum absolute atomic E-state index is 11.4. The van der Waals surface area contributed by atoms with E-state index < -0.39 is 0 Å². The highest BCUT2D eigenvalue weighted by Crippen LogP contribution is 2.27. The van der Waals surface area contributed by atoms with Crippen molar-refractivity contribution in [3.05, 3.63) is 0 Å². The Kier molecular flexibility index (Phi) is 8.31. The number of cyclic esters (lactones) is 1. The zero-order valence-electron chi connectivity index (χ0n) is 12.9. The molecule has 4 nitrogen and oxygen atoms in total. The Morgan fingerprint density at radius 3 is 2.45 bits per heavy atom. The lowest BCUT2D eigenvalue weighted by molar-refractivity contribution is -0.144. The van der Waals surface area contributed by atoms with Gasteiger partial charge >= 0.3 is 11.9 Å². The largest absolute Gasteiger partial charge is 0.469 e. The lowest BCUT2D eigenvalue weighted by Crippen LogP contribution is -2.06. The van der Waals surface area contributed by atoms with Crippen LogP contribution in [0.1, 0.15) is 71.1 Å². The van der Waals surface area contributed by atoms with Crippen LogP contribution in [0.25, 0.3) is 0 Å². The van der Waals surface area contributed by atoms with Crippen LogP contribution >= 0.6 is 0 Å². The van der Waals surface area contributed by atoms with Crippen molar-refractivity contribution in [3.63, 3.8) is 0 Å². The number of carbonyl (C=O) groups excluding carboxylic acids is 2. The molecule has 1 aliphatic heterocycles. The van der Waals surface area contributed by atoms with Crippen LogP contribution in [0, 0.1) is 5.92 Å². The Morgan fingerprint density at radius 1 is 1.20 bits per heavy atom. The van der Waals surface area contributed by atoms with Crippen LogP contribution in [0.3, 0.4) is 0 Å². The van der Waals surface area contributed by atoms with Crippen molar-refractivity contribution in [2.45, 2.75) is 77.2 Å². The van der Waals surface area contributed by atoms with Crippen LogP contribution in [-0.2, 0) is 19.1 Å². The second-order valence-electron chi connectivity index (χ2n) is 5.64. The number of esters is 2. The Bertz CT molecular complexity index is 301. The molecule has 1 heterocycles. The van der Waals surface area contributed by atoms with Crippen molar-refractivity contribution in [2.24, 2.45) is 5.92 Å². The molecule has 116 valence electrons. The van der Waals surface area contributed by atoms with E-state index in [1.807, 2.05) is 6.92 Å². The summed E-state index contributed by atoms with van der Waals surface area (Å²) >= 11 is 0. The fraction of sp³-hybridized carbons (Fsp3) is 0.875. The molecule has 0 N–H and O–H groups in total. The molecule has 1 saturated heterocycles. The summed E-state index contributed by atoms with van der Waals surface area (Å²) in [7, 11) is 1.43. The number of hydrogen-bond donors (Lipinski definition) is 0. The second-order valence-corrected chi connectivity index (χ2v) is 5.64. The van der Waals surface area contributed by atoms with Crippen molar-refractivity contribution in [3.8, 4) is 0 Å². The number of ether oxygens (including phenoxy) is 2. The molecule has 0 aromatic heterocycles. The van der Waals surface area contributed by atoms with Crippen LogP contribution in [0.5, 0.6) is 0 Å². The zero-order chi connectivity index (χ0) is 14.8. The number of methoxy groups -OCH3 is 1. The van der Waals surface area contributed by atoms with Crippen LogP contribution in [-0.4, -0.2) is 25.2 Å². The van der Waals surface area contributed by atoms with Gasteiger partial charge < -0.3 is 9.47 Å². The highest BCUT2D eigenvalue weighted by Gasteiger charge is 2.32. The van der Waals surface area contributed by atoms with E-state index in [0.717, 1.165) is 38.5 Å². The van der Waals surface area contributed by atoms with Gasteiger partial charge in [0.25, 0.3) is 0 Å². The smallest absolute Gasteiger partial charge is 0.309 e. The third-order valence-corrected chi connectivity index (χ3v) is 4.04. The summed E-state index contributed by atoms with van der Waals surface area (Å²) in [6.07, 6.45) is 10.2. The first-order valence-corrected chi connectivity index (χ1v) is 7.94. The Morgan fingerprint density at radius 2 is 1.85 bits per heavy atom. The van der Waals surface area contributed by atoms with E-state index >= 15 is 0 Å². The fourth-order valence-electron chi connectivity index (χ4n) is 2.68. The molecule has 0 saturated carbocycles. The highest BCUT2D eigenvalue weighted by molar-refractivity contribution is 5.74. The summed E-state index contributed by atoms with van der Waals surface area (Å²) < 4.78 is 9.96. The normalized spacial score (nSPS) is 21.8. The summed E-state index contributed by atoms with van der Waals surface area (Å²) in [4.78, 5) is 22.4. The van der Waals surface area contributed by atoms with Gasteiger partial charge in [0, 0.05) is 6.42 Å². The van der Waals surface area contributed by atoms with Gasteiger partial charge in [-0.15, -0.1) is 0 Å². The predicted octanol–water partition coefficient (Wildman–Crippen LogP) is 3.62. The van der Waals surface area contributed by atoms with Gasteiger partial charge in [0.15, 0.2) is 0 Å². The Hall–Kier alpha value is -1.06.